The van der Waals surface area contributed by atoms with E-state index in [1.54, 1.807) is 29.7 Å². The number of carbonyl (C=O) groups is 1. The standard InChI is InChI=1S/C28H29N3O3S2/c1-18-12-14-30(15-13-18)25-21-6-4-5-7-23(21)29(2)26(32)22(25)16-24-27(33)31(28(35)36-24)17-19-8-10-20(34-3)11-9-19/h4-11,16,18H,12-15,17H2,1-3H3. The summed E-state index contributed by atoms with van der Waals surface area (Å²) in [6.07, 6.45) is 3.91. The fourth-order valence-corrected chi connectivity index (χ4v) is 6.12. The number of hydrogen-bond donors (Lipinski definition) is 0. The molecule has 1 amide bonds. The van der Waals surface area contributed by atoms with Gasteiger partial charge < -0.3 is 14.2 Å². The van der Waals surface area contributed by atoms with Gasteiger partial charge in [0.2, 0.25) is 0 Å². The normalized spacial score (nSPS) is 18.0. The lowest BCUT2D eigenvalue weighted by molar-refractivity contribution is -0.122. The molecule has 36 heavy (non-hydrogen) atoms. The van der Waals surface area contributed by atoms with Crippen LogP contribution in [-0.2, 0) is 18.4 Å². The smallest absolute Gasteiger partial charge is 0.266 e. The van der Waals surface area contributed by atoms with Crippen LogP contribution in [0.15, 0.2) is 58.2 Å². The molecule has 0 N–H and O–H groups in total. The molecule has 2 saturated heterocycles. The zero-order valence-corrected chi connectivity index (χ0v) is 22.3. The van der Waals surface area contributed by atoms with E-state index in [9.17, 15) is 9.59 Å². The summed E-state index contributed by atoms with van der Waals surface area (Å²) in [6, 6.07) is 15.6. The van der Waals surface area contributed by atoms with Crippen LogP contribution in [0.1, 0.15) is 30.9 Å². The van der Waals surface area contributed by atoms with Crippen LogP contribution in [0.25, 0.3) is 17.0 Å². The Hall–Kier alpha value is -3.10. The summed E-state index contributed by atoms with van der Waals surface area (Å²) >= 11 is 6.83. The Morgan fingerprint density at radius 3 is 2.47 bits per heavy atom. The number of carbonyl (C=O) groups excluding carboxylic acids is 1. The van der Waals surface area contributed by atoms with Gasteiger partial charge >= 0.3 is 0 Å². The number of hydrogen-bond acceptors (Lipinski definition) is 6. The van der Waals surface area contributed by atoms with Crippen LogP contribution in [0.4, 0.5) is 5.69 Å². The van der Waals surface area contributed by atoms with E-state index in [1.165, 1.54) is 11.8 Å². The second-order valence-electron chi connectivity index (χ2n) is 9.43. The highest BCUT2D eigenvalue weighted by molar-refractivity contribution is 8.26. The number of methoxy groups -OCH3 is 1. The van der Waals surface area contributed by atoms with Crippen molar-refractivity contribution < 1.29 is 9.53 Å². The second-order valence-corrected chi connectivity index (χ2v) is 11.1. The minimum Gasteiger partial charge on any atom is -0.497 e. The molecular weight excluding hydrogens is 490 g/mol. The van der Waals surface area contributed by atoms with Crippen molar-refractivity contribution in [1.82, 2.24) is 9.47 Å². The van der Waals surface area contributed by atoms with Gasteiger partial charge in [0.25, 0.3) is 11.5 Å². The Kier molecular flexibility index (Phi) is 6.90. The Morgan fingerprint density at radius 2 is 1.78 bits per heavy atom. The fourth-order valence-electron chi connectivity index (χ4n) is 4.89. The van der Waals surface area contributed by atoms with Crippen LogP contribution in [0, 0.1) is 5.92 Å². The summed E-state index contributed by atoms with van der Waals surface area (Å²) in [4.78, 5) is 31.5. The largest absolute Gasteiger partial charge is 0.497 e. The monoisotopic (exact) mass is 519 g/mol. The predicted molar refractivity (Wildman–Crippen MR) is 152 cm³/mol. The topological polar surface area (TPSA) is 54.8 Å². The SMILES string of the molecule is COc1ccc(CN2C(=O)C(=Cc3c(N4CCC(C)CC4)c4ccccc4n(C)c3=O)SC2=S)cc1. The van der Waals surface area contributed by atoms with E-state index in [0.29, 0.717) is 27.3 Å². The number of piperidine rings is 1. The Morgan fingerprint density at radius 1 is 1.08 bits per heavy atom. The quantitative estimate of drug-likeness (QED) is 0.342. The third-order valence-electron chi connectivity index (χ3n) is 7.06. The molecule has 3 heterocycles. The number of thioether (sulfide) groups is 1. The highest BCUT2D eigenvalue weighted by atomic mass is 32.2. The van der Waals surface area contributed by atoms with Gasteiger partial charge in [0.1, 0.15) is 10.1 Å². The molecule has 0 saturated carbocycles. The summed E-state index contributed by atoms with van der Waals surface area (Å²) in [6.45, 7) is 4.42. The minimum atomic E-state index is -0.172. The zero-order valence-electron chi connectivity index (χ0n) is 20.7. The molecule has 0 bridgehead atoms. The molecule has 2 aliphatic rings. The summed E-state index contributed by atoms with van der Waals surface area (Å²) < 4.78 is 7.40. The van der Waals surface area contributed by atoms with Crippen LogP contribution in [0.3, 0.4) is 0 Å². The first-order chi connectivity index (χ1) is 17.4. The Bertz CT molecular complexity index is 1420. The second kappa shape index (κ2) is 10.1. The van der Waals surface area contributed by atoms with Gasteiger partial charge in [-0.1, -0.05) is 61.2 Å². The molecule has 2 fully saturated rings. The molecule has 0 radical (unpaired) electrons. The Balaban J connectivity index is 1.55. The van der Waals surface area contributed by atoms with Crippen molar-refractivity contribution in [1.29, 1.82) is 0 Å². The number of benzene rings is 2. The molecule has 186 valence electrons. The molecule has 5 rings (SSSR count). The number of aromatic nitrogens is 1. The molecule has 6 nitrogen and oxygen atoms in total. The Labute approximate surface area is 220 Å². The van der Waals surface area contributed by atoms with Gasteiger partial charge in [-0.25, -0.2) is 0 Å². The number of para-hydroxylation sites is 1. The number of anilines is 1. The molecule has 2 aromatic carbocycles. The lowest BCUT2D eigenvalue weighted by atomic mass is 9.97. The molecule has 8 heteroatoms. The van der Waals surface area contributed by atoms with Crippen LogP contribution < -0.4 is 15.2 Å². The van der Waals surface area contributed by atoms with E-state index in [0.717, 1.165) is 53.8 Å². The number of amides is 1. The molecule has 3 aromatic rings. The van der Waals surface area contributed by atoms with Crippen molar-refractivity contribution in [3.05, 3.63) is 74.9 Å². The van der Waals surface area contributed by atoms with E-state index < -0.39 is 0 Å². The molecule has 0 aliphatic carbocycles. The average Bonchev–Trinajstić information content (AvgIpc) is 3.16. The van der Waals surface area contributed by atoms with E-state index in [1.807, 2.05) is 42.5 Å². The van der Waals surface area contributed by atoms with Crippen LogP contribution >= 0.6 is 24.0 Å². The minimum absolute atomic E-state index is 0.109. The average molecular weight is 520 g/mol. The first-order valence-corrected chi connectivity index (χ1v) is 13.3. The highest BCUT2D eigenvalue weighted by Crippen LogP contribution is 2.37. The number of thiocarbonyl (C=S) groups is 1. The number of aryl methyl sites for hydroxylation is 1. The van der Waals surface area contributed by atoms with Gasteiger partial charge in [-0.2, -0.15) is 0 Å². The van der Waals surface area contributed by atoms with Gasteiger partial charge in [-0.05, 0) is 48.6 Å². The van der Waals surface area contributed by atoms with E-state index in [-0.39, 0.29) is 11.5 Å². The fraction of sp³-hybridized carbons (Fsp3) is 0.321. The lowest BCUT2D eigenvalue weighted by Gasteiger charge is -2.34. The van der Waals surface area contributed by atoms with Crippen LogP contribution in [-0.4, -0.2) is 39.9 Å². The van der Waals surface area contributed by atoms with Crippen molar-refractivity contribution >= 4 is 56.9 Å². The maximum atomic E-state index is 13.6. The number of ether oxygens (including phenoxy) is 1. The third kappa shape index (κ3) is 4.55. The first-order valence-electron chi connectivity index (χ1n) is 12.1. The summed E-state index contributed by atoms with van der Waals surface area (Å²) in [7, 11) is 3.41. The maximum Gasteiger partial charge on any atom is 0.266 e. The third-order valence-corrected chi connectivity index (χ3v) is 8.44. The van der Waals surface area contributed by atoms with Gasteiger partial charge in [-0.15, -0.1) is 0 Å². The number of pyridine rings is 1. The number of nitrogens with zero attached hydrogens (tertiary/aromatic N) is 3. The predicted octanol–water partition coefficient (Wildman–Crippen LogP) is 5.18. The maximum absolute atomic E-state index is 13.6. The van der Waals surface area contributed by atoms with Crippen molar-refractivity contribution in [2.24, 2.45) is 13.0 Å². The number of rotatable bonds is 5. The van der Waals surface area contributed by atoms with Crippen LogP contribution in [0.5, 0.6) is 5.75 Å². The van der Waals surface area contributed by atoms with Crippen molar-refractivity contribution in [3.8, 4) is 5.75 Å². The van der Waals surface area contributed by atoms with Gasteiger partial charge in [0.15, 0.2) is 0 Å². The number of fused-ring (bicyclic) bond motifs is 1. The van der Waals surface area contributed by atoms with E-state index >= 15 is 0 Å². The summed E-state index contributed by atoms with van der Waals surface area (Å²) in [5.41, 5.74) is 3.21. The van der Waals surface area contributed by atoms with Gasteiger partial charge in [0.05, 0.1) is 35.3 Å². The highest BCUT2D eigenvalue weighted by Gasteiger charge is 2.33. The first kappa shape index (κ1) is 24.6. The van der Waals surface area contributed by atoms with Crippen LogP contribution in [0.2, 0.25) is 0 Å². The molecular formula is C28H29N3O3S2. The lowest BCUT2D eigenvalue weighted by Crippen LogP contribution is -2.35. The molecule has 0 unspecified atom stereocenters. The zero-order chi connectivity index (χ0) is 25.4. The van der Waals surface area contributed by atoms with Crippen molar-refractivity contribution in [2.75, 3.05) is 25.1 Å². The van der Waals surface area contributed by atoms with E-state index in [2.05, 4.69) is 17.9 Å². The molecule has 0 atom stereocenters. The van der Waals surface area contributed by atoms with Crippen molar-refractivity contribution in [2.45, 2.75) is 26.3 Å². The molecule has 1 aromatic heterocycles. The molecule has 0 spiro atoms. The summed E-state index contributed by atoms with van der Waals surface area (Å²) in [5, 5.41) is 1.02. The van der Waals surface area contributed by atoms with Gasteiger partial charge in [0, 0.05) is 25.5 Å². The van der Waals surface area contributed by atoms with E-state index in [4.69, 9.17) is 17.0 Å². The molecule has 2 aliphatic heterocycles. The van der Waals surface area contributed by atoms with Crippen molar-refractivity contribution in [3.63, 3.8) is 0 Å². The van der Waals surface area contributed by atoms with Gasteiger partial charge in [-0.3, -0.25) is 14.5 Å². The summed E-state index contributed by atoms with van der Waals surface area (Å²) in [5.74, 6) is 1.25.